The number of halogens is 1. The Labute approximate surface area is 110 Å². The summed E-state index contributed by atoms with van der Waals surface area (Å²) < 4.78 is 23.5. The van der Waals surface area contributed by atoms with Gasteiger partial charge in [0.2, 0.25) is 0 Å². The molecule has 0 spiro atoms. The van der Waals surface area contributed by atoms with E-state index in [1.807, 2.05) is 0 Å². The van der Waals surface area contributed by atoms with Crippen LogP contribution < -0.4 is 5.73 Å². The lowest BCUT2D eigenvalue weighted by Gasteiger charge is -2.06. The minimum atomic E-state index is -3.44. The normalized spacial score (nSPS) is 11.4. The molecule has 0 fully saturated rings. The standard InChI is InChI=1S/C10H13ClN2O4S/c11-9-3-1-4-10(13(14)15)8(9)7-18(16,17)6-2-5-12/h1,3-4H,2,5-7,12H2. The van der Waals surface area contributed by atoms with E-state index in [-0.39, 0.29) is 28.6 Å². The molecule has 0 heterocycles. The second kappa shape index (κ2) is 6.12. The molecule has 0 aromatic heterocycles. The molecule has 100 valence electrons. The average Bonchev–Trinajstić information content (AvgIpc) is 2.28. The molecule has 0 unspecified atom stereocenters. The molecule has 18 heavy (non-hydrogen) atoms. The summed E-state index contributed by atoms with van der Waals surface area (Å²) in [5.74, 6) is -0.547. The monoisotopic (exact) mass is 292 g/mol. The fraction of sp³-hybridized carbons (Fsp3) is 0.400. The van der Waals surface area contributed by atoms with E-state index in [2.05, 4.69) is 0 Å². The summed E-state index contributed by atoms with van der Waals surface area (Å²) in [6.07, 6.45) is 0.320. The van der Waals surface area contributed by atoms with Crippen LogP contribution in [0.5, 0.6) is 0 Å². The summed E-state index contributed by atoms with van der Waals surface area (Å²) in [5.41, 5.74) is 4.99. The van der Waals surface area contributed by atoms with Crippen LogP contribution in [0.3, 0.4) is 0 Å². The van der Waals surface area contributed by atoms with E-state index in [1.54, 1.807) is 0 Å². The second-order valence-electron chi connectivity index (χ2n) is 3.73. The number of nitrogens with zero attached hydrogens (tertiary/aromatic N) is 1. The Hall–Kier alpha value is -1.18. The zero-order valence-corrected chi connectivity index (χ0v) is 11.1. The van der Waals surface area contributed by atoms with Gasteiger partial charge >= 0.3 is 0 Å². The molecule has 8 heteroatoms. The number of hydrogen-bond acceptors (Lipinski definition) is 5. The van der Waals surface area contributed by atoms with Gasteiger partial charge in [-0.25, -0.2) is 8.42 Å². The maximum absolute atomic E-state index is 11.7. The molecule has 1 rings (SSSR count). The van der Waals surface area contributed by atoms with Crippen molar-refractivity contribution in [3.05, 3.63) is 38.9 Å². The van der Waals surface area contributed by atoms with Gasteiger partial charge in [-0.2, -0.15) is 0 Å². The average molecular weight is 293 g/mol. The van der Waals surface area contributed by atoms with Gasteiger partial charge in [0.05, 0.1) is 27.0 Å². The van der Waals surface area contributed by atoms with Gasteiger partial charge in [0.1, 0.15) is 0 Å². The van der Waals surface area contributed by atoms with E-state index in [0.29, 0.717) is 6.42 Å². The van der Waals surface area contributed by atoms with Crippen LogP contribution in [0.4, 0.5) is 5.69 Å². The number of hydrogen-bond donors (Lipinski definition) is 1. The fourth-order valence-corrected chi connectivity index (χ4v) is 3.27. The molecule has 0 bridgehead atoms. The highest BCUT2D eigenvalue weighted by Gasteiger charge is 2.22. The predicted octanol–water partition coefficient (Wildman–Crippen LogP) is 1.51. The van der Waals surface area contributed by atoms with E-state index < -0.39 is 20.5 Å². The van der Waals surface area contributed by atoms with Crippen molar-refractivity contribution in [3.8, 4) is 0 Å². The largest absolute Gasteiger partial charge is 0.330 e. The maximum atomic E-state index is 11.7. The summed E-state index contributed by atoms with van der Waals surface area (Å²) in [6, 6.07) is 4.08. The molecule has 0 aliphatic carbocycles. The fourth-order valence-electron chi connectivity index (χ4n) is 1.46. The van der Waals surface area contributed by atoms with Crippen LogP contribution >= 0.6 is 11.6 Å². The smallest absolute Gasteiger partial charge is 0.275 e. The lowest BCUT2D eigenvalue weighted by Crippen LogP contribution is -2.14. The molecule has 0 radical (unpaired) electrons. The highest BCUT2D eigenvalue weighted by molar-refractivity contribution is 7.90. The zero-order chi connectivity index (χ0) is 13.8. The van der Waals surface area contributed by atoms with Crippen molar-refractivity contribution in [1.82, 2.24) is 0 Å². The van der Waals surface area contributed by atoms with Gasteiger partial charge in [-0.15, -0.1) is 0 Å². The first-order chi connectivity index (χ1) is 8.37. The van der Waals surface area contributed by atoms with Gasteiger partial charge in [-0.1, -0.05) is 17.7 Å². The van der Waals surface area contributed by atoms with Crippen molar-refractivity contribution in [2.45, 2.75) is 12.2 Å². The summed E-state index contributed by atoms with van der Waals surface area (Å²) >= 11 is 5.82. The number of nitro groups is 1. The predicted molar refractivity (Wildman–Crippen MR) is 69.3 cm³/mol. The highest BCUT2D eigenvalue weighted by atomic mass is 35.5. The number of benzene rings is 1. The van der Waals surface area contributed by atoms with Crippen molar-refractivity contribution in [3.63, 3.8) is 0 Å². The third-order valence-corrected chi connectivity index (χ3v) is 4.31. The van der Waals surface area contributed by atoms with Crippen LogP contribution in [0.1, 0.15) is 12.0 Å². The van der Waals surface area contributed by atoms with E-state index in [4.69, 9.17) is 17.3 Å². The molecule has 0 aliphatic rings. The minimum absolute atomic E-state index is 0.0289. The molecule has 1 aromatic rings. The summed E-state index contributed by atoms with van der Waals surface area (Å²) in [5, 5.41) is 10.9. The number of nitrogens with two attached hydrogens (primary N) is 1. The number of nitro benzene ring substituents is 1. The van der Waals surface area contributed by atoms with Gasteiger partial charge in [-0.3, -0.25) is 10.1 Å². The molecule has 1 aromatic carbocycles. The van der Waals surface area contributed by atoms with Crippen LogP contribution in [-0.2, 0) is 15.6 Å². The minimum Gasteiger partial charge on any atom is -0.330 e. The molecule has 0 aliphatic heterocycles. The molecular weight excluding hydrogens is 280 g/mol. The van der Waals surface area contributed by atoms with Crippen molar-refractivity contribution in [1.29, 1.82) is 0 Å². The zero-order valence-electron chi connectivity index (χ0n) is 9.50. The molecular formula is C10H13ClN2O4S. The summed E-state index contributed by atoms with van der Waals surface area (Å²) in [4.78, 5) is 10.2. The molecule has 0 saturated heterocycles. The molecule has 2 N–H and O–H groups in total. The molecule has 0 amide bonds. The lowest BCUT2D eigenvalue weighted by molar-refractivity contribution is -0.385. The van der Waals surface area contributed by atoms with E-state index >= 15 is 0 Å². The maximum Gasteiger partial charge on any atom is 0.275 e. The van der Waals surface area contributed by atoms with Crippen molar-refractivity contribution >= 4 is 27.1 Å². The molecule has 0 atom stereocenters. The SMILES string of the molecule is NCCCS(=O)(=O)Cc1c(Cl)cccc1[N+](=O)[O-]. The summed E-state index contributed by atoms with van der Waals surface area (Å²) in [7, 11) is -3.44. The number of sulfone groups is 1. The Balaban J connectivity index is 3.07. The van der Waals surface area contributed by atoms with Gasteiger partial charge in [0, 0.05) is 6.07 Å². The van der Waals surface area contributed by atoms with Gasteiger partial charge in [0.25, 0.3) is 5.69 Å². The Morgan fingerprint density at radius 2 is 2.06 bits per heavy atom. The van der Waals surface area contributed by atoms with E-state index in [9.17, 15) is 18.5 Å². The van der Waals surface area contributed by atoms with Crippen LogP contribution in [-0.4, -0.2) is 25.6 Å². The Bertz CT molecular complexity index is 545. The Morgan fingerprint density at radius 3 is 2.61 bits per heavy atom. The van der Waals surface area contributed by atoms with Crippen molar-refractivity contribution in [2.75, 3.05) is 12.3 Å². The van der Waals surface area contributed by atoms with Gasteiger partial charge < -0.3 is 5.73 Å². The van der Waals surface area contributed by atoms with Crippen LogP contribution in [0.25, 0.3) is 0 Å². The highest BCUT2D eigenvalue weighted by Crippen LogP contribution is 2.28. The molecule has 0 saturated carbocycles. The Morgan fingerprint density at radius 1 is 1.39 bits per heavy atom. The topological polar surface area (TPSA) is 103 Å². The quantitative estimate of drug-likeness (QED) is 0.632. The van der Waals surface area contributed by atoms with Gasteiger partial charge in [0.15, 0.2) is 9.84 Å². The first-order valence-electron chi connectivity index (χ1n) is 5.19. The van der Waals surface area contributed by atoms with Crippen LogP contribution in [0, 0.1) is 10.1 Å². The first kappa shape index (κ1) is 14.9. The number of rotatable bonds is 6. The van der Waals surface area contributed by atoms with Crippen molar-refractivity contribution in [2.24, 2.45) is 5.73 Å². The third kappa shape index (κ3) is 3.94. The Kier molecular flexibility index (Phi) is 5.06. The first-order valence-corrected chi connectivity index (χ1v) is 7.39. The van der Waals surface area contributed by atoms with Crippen LogP contribution in [0.2, 0.25) is 5.02 Å². The summed E-state index contributed by atoms with van der Waals surface area (Å²) in [6.45, 7) is 0.254. The van der Waals surface area contributed by atoms with Gasteiger partial charge in [-0.05, 0) is 19.0 Å². The van der Waals surface area contributed by atoms with E-state index in [1.165, 1.54) is 18.2 Å². The lowest BCUT2D eigenvalue weighted by atomic mass is 10.2. The second-order valence-corrected chi connectivity index (χ2v) is 6.32. The molecule has 6 nitrogen and oxygen atoms in total. The third-order valence-electron chi connectivity index (χ3n) is 2.31. The van der Waals surface area contributed by atoms with Crippen LogP contribution in [0.15, 0.2) is 18.2 Å². The van der Waals surface area contributed by atoms with E-state index in [0.717, 1.165) is 0 Å². The van der Waals surface area contributed by atoms with Crippen molar-refractivity contribution < 1.29 is 13.3 Å².